The highest BCUT2D eigenvalue weighted by molar-refractivity contribution is 5.69. The maximum absolute atomic E-state index is 12.8. The molecule has 2 aliphatic rings. The second-order valence-corrected chi connectivity index (χ2v) is 8.51. The molecule has 1 N–H and O–H groups in total. The lowest BCUT2D eigenvalue weighted by molar-refractivity contribution is -0.136. The summed E-state index contributed by atoms with van der Waals surface area (Å²) in [4.78, 5) is 14.6. The Morgan fingerprint density at radius 1 is 1.10 bits per heavy atom. The molecule has 2 aromatic carbocycles. The van der Waals surface area contributed by atoms with Crippen LogP contribution < -0.4 is 0 Å². The molecule has 5 nitrogen and oxygen atoms in total. The Balaban J connectivity index is 1.47. The molecular formula is C24H29NO4. The number of hydrogen-bond donors (Lipinski definition) is 1. The van der Waals surface area contributed by atoms with Crippen LogP contribution in [-0.4, -0.2) is 41.4 Å². The van der Waals surface area contributed by atoms with E-state index in [4.69, 9.17) is 9.47 Å². The van der Waals surface area contributed by atoms with Gasteiger partial charge in [0.15, 0.2) is 0 Å². The van der Waals surface area contributed by atoms with Crippen LogP contribution in [0.3, 0.4) is 0 Å². The fourth-order valence-corrected chi connectivity index (χ4v) is 4.48. The zero-order chi connectivity index (χ0) is 20.4. The van der Waals surface area contributed by atoms with Crippen LogP contribution in [0.2, 0.25) is 0 Å². The first-order valence-corrected chi connectivity index (χ1v) is 10.4. The van der Waals surface area contributed by atoms with Gasteiger partial charge in [-0.2, -0.15) is 0 Å². The maximum atomic E-state index is 12.8. The van der Waals surface area contributed by atoms with Gasteiger partial charge < -0.3 is 14.6 Å². The molecule has 29 heavy (non-hydrogen) atoms. The van der Waals surface area contributed by atoms with Crippen molar-refractivity contribution in [3.8, 4) is 0 Å². The molecule has 2 unspecified atom stereocenters. The van der Waals surface area contributed by atoms with E-state index < -0.39 is 5.60 Å². The number of benzene rings is 2. The first-order chi connectivity index (χ1) is 14.0. The van der Waals surface area contributed by atoms with E-state index in [9.17, 15) is 9.90 Å². The second-order valence-electron chi connectivity index (χ2n) is 8.51. The molecule has 154 valence electrons. The topological polar surface area (TPSA) is 59.0 Å². The molecule has 0 spiro atoms. The number of rotatable bonds is 4. The molecule has 0 aliphatic carbocycles. The number of nitrogens with zero attached hydrogens (tertiary/aromatic N) is 1. The van der Waals surface area contributed by atoms with Crippen molar-refractivity contribution in [1.82, 2.24) is 4.90 Å². The Kier molecular flexibility index (Phi) is 5.61. The molecular weight excluding hydrogens is 366 g/mol. The van der Waals surface area contributed by atoms with Gasteiger partial charge in [-0.1, -0.05) is 68.4 Å². The number of piperidine rings is 1. The van der Waals surface area contributed by atoms with Crippen molar-refractivity contribution in [3.63, 3.8) is 0 Å². The Hall–Kier alpha value is -2.37. The zero-order valence-electron chi connectivity index (χ0n) is 17.1. The van der Waals surface area contributed by atoms with Crippen LogP contribution in [0, 0.1) is 0 Å². The van der Waals surface area contributed by atoms with E-state index >= 15 is 0 Å². The van der Waals surface area contributed by atoms with Crippen molar-refractivity contribution in [3.05, 3.63) is 71.3 Å². The molecule has 5 heteroatoms. The predicted octanol–water partition coefficient (Wildman–Crippen LogP) is 4.20. The molecule has 2 fully saturated rings. The quantitative estimate of drug-likeness (QED) is 0.843. The highest BCUT2D eigenvalue weighted by Crippen LogP contribution is 2.41. The van der Waals surface area contributed by atoms with Gasteiger partial charge in [-0.25, -0.2) is 4.79 Å². The predicted molar refractivity (Wildman–Crippen MR) is 111 cm³/mol. The standard InChI is InChI=1S/C24H29NO4/c1-17(2)19-8-10-20(11-9-19)24(27)12-21-15-28-16-22(13-24)25(21)23(26)29-14-18-6-4-3-5-7-18/h3-11,17,21-22,27H,12-16H2,1-2H3. The first-order valence-electron chi connectivity index (χ1n) is 10.4. The lowest BCUT2D eigenvalue weighted by Crippen LogP contribution is -2.62. The fourth-order valence-electron chi connectivity index (χ4n) is 4.48. The lowest BCUT2D eigenvalue weighted by atomic mass is 9.76. The third-order valence-electron chi connectivity index (χ3n) is 6.08. The van der Waals surface area contributed by atoms with E-state index in [-0.39, 0.29) is 24.8 Å². The van der Waals surface area contributed by atoms with Crippen LogP contribution in [0.25, 0.3) is 0 Å². The summed E-state index contributed by atoms with van der Waals surface area (Å²) in [6.07, 6.45) is 0.569. The van der Waals surface area contributed by atoms with Crippen molar-refractivity contribution in [2.75, 3.05) is 13.2 Å². The minimum atomic E-state index is -0.954. The van der Waals surface area contributed by atoms with E-state index in [1.807, 2.05) is 42.5 Å². The van der Waals surface area contributed by atoms with E-state index in [0.29, 0.717) is 32.0 Å². The van der Waals surface area contributed by atoms with Crippen molar-refractivity contribution in [1.29, 1.82) is 0 Å². The molecule has 2 aromatic rings. The van der Waals surface area contributed by atoms with Crippen molar-refractivity contribution < 1.29 is 19.4 Å². The van der Waals surface area contributed by atoms with Crippen molar-refractivity contribution >= 4 is 6.09 Å². The summed E-state index contributed by atoms with van der Waals surface area (Å²) in [5, 5.41) is 11.5. The number of ether oxygens (including phenoxy) is 2. The van der Waals surface area contributed by atoms with Gasteiger partial charge in [-0.05, 0) is 22.6 Å². The summed E-state index contributed by atoms with van der Waals surface area (Å²) < 4.78 is 11.3. The molecule has 2 heterocycles. The number of amides is 1. The van der Waals surface area contributed by atoms with Crippen molar-refractivity contribution in [2.45, 2.75) is 56.9 Å². The fraction of sp³-hybridized carbons (Fsp3) is 0.458. The largest absolute Gasteiger partial charge is 0.445 e. The van der Waals surface area contributed by atoms with Gasteiger partial charge in [0.25, 0.3) is 0 Å². The van der Waals surface area contributed by atoms with Gasteiger partial charge in [0.1, 0.15) is 6.61 Å². The van der Waals surface area contributed by atoms with Gasteiger partial charge in [0.2, 0.25) is 0 Å². The first kappa shape index (κ1) is 19.9. The van der Waals surface area contributed by atoms with Crippen molar-refractivity contribution in [2.24, 2.45) is 0 Å². The highest BCUT2D eigenvalue weighted by Gasteiger charge is 2.49. The van der Waals surface area contributed by atoms with E-state index in [1.54, 1.807) is 4.90 Å². The third kappa shape index (κ3) is 4.16. The monoisotopic (exact) mass is 395 g/mol. The normalized spacial score (nSPS) is 26.4. The van der Waals surface area contributed by atoms with E-state index in [2.05, 4.69) is 26.0 Å². The van der Waals surface area contributed by atoms with Crippen LogP contribution in [0.4, 0.5) is 4.79 Å². The summed E-state index contributed by atoms with van der Waals surface area (Å²) >= 11 is 0. The Labute approximate surface area is 172 Å². The highest BCUT2D eigenvalue weighted by atomic mass is 16.6. The smallest absolute Gasteiger partial charge is 0.410 e. The third-order valence-corrected chi connectivity index (χ3v) is 6.08. The average Bonchev–Trinajstić information content (AvgIpc) is 2.72. The molecule has 0 radical (unpaired) electrons. The minimum Gasteiger partial charge on any atom is -0.445 e. The lowest BCUT2D eigenvalue weighted by Gasteiger charge is -2.51. The Bertz CT molecular complexity index is 820. The van der Waals surface area contributed by atoms with E-state index in [0.717, 1.165) is 11.1 Å². The number of carbonyl (C=O) groups is 1. The molecule has 0 aromatic heterocycles. The molecule has 2 bridgehead atoms. The molecule has 2 saturated heterocycles. The van der Waals surface area contributed by atoms with Crippen LogP contribution in [0.1, 0.15) is 49.3 Å². The van der Waals surface area contributed by atoms with Crippen LogP contribution in [0.15, 0.2) is 54.6 Å². The van der Waals surface area contributed by atoms with Gasteiger partial charge in [0.05, 0.1) is 30.9 Å². The molecule has 2 aliphatic heterocycles. The summed E-state index contributed by atoms with van der Waals surface area (Å²) in [7, 11) is 0. The zero-order valence-corrected chi connectivity index (χ0v) is 17.1. The van der Waals surface area contributed by atoms with E-state index in [1.165, 1.54) is 5.56 Å². The Morgan fingerprint density at radius 2 is 1.72 bits per heavy atom. The Morgan fingerprint density at radius 3 is 2.31 bits per heavy atom. The summed E-state index contributed by atoms with van der Waals surface area (Å²) in [6.45, 7) is 5.40. The second kappa shape index (κ2) is 8.17. The number of hydrogen-bond acceptors (Lipinski definition) is 4. The number of morpholine rings is 1. The summed E-state index contributed by atoms with van der Waals surface area (Å²) in [6, 6.07) is 17.5. The number of aliphatic hydroxyl groups is 1. The number of fused-ring (bicyclic) bond motifs is 2. The van der Waals surface area contributed by atoms with Gasteiger partial charge in [0, 0.05) is 12.8 Å². The number of carbonyl (C=O) groups excluding carboxylic acids is 1. The molecule has 1 amide bonds. The van der Waals surface area contributed by atoms with Crippen LogP contribution >= 0.6 is 0 Å². The van der Waals surface area contributed by atoms with Gasteiger partial charge in [-0.3, -0.25) is 4.90 Å². The van der Waals surface area contributed by atoms with Gasteiger partial charge in [-0.15, -0.1) is 0 Å². The maximum Gasteiger partial charge on any atom is 0.410 e. The minimum absolute atomic E-state index is 0.194. The van der Waals surface area contributed by atoms with Crippen LogP contribution in [0.5, 0.6) is 0 Å². The summed E-state index contributed by atoms with van der Waals surface area (Å²) in [5.74, 6) is 0.452. The summed E-state index contributed by atoms with van der Waals surface area (Å²) in [5.41, 5.74) is 2.17. The SMILES string of the molecule is CC(C)c1ccc(C2(O)CC3COCC(C2)N3C(=O)OCc2ccccc2)cc1. The van der Waals surface area contributed by atoms with Crippen LogP contribution in [-0.2, 0) is 21.7 Å². The average molecular weight is 395 g/mol. The molecule has 2 atom stereocenters. The van der Waals surface area contributed by atoms with Gasteiger partial charge >= 0.3 is 6.09 Å². The molecule has 4 rings (SSSR count). The molecule has 0 saturated carbocycles.